The van der Waals surface area contributed by atoms with Crippen molar-refractivity contribution in [3.05, 3.63) is 76.0 Å². The van der Waals surface area contributed by atoms with E-state index in [0.717, 1.165) is 47.3 Å². The van der Waals surface area contributed by atoms with Crippen LogP contribution in [0.1, 0.15) is 72.0 Å². The first kappa shape index (κ1) is 26.3. The van der Waals surface area contributed by atoms with Crippen molar-refractivity contribution < 1.29 is 13.9 Å². The molecule has 0 bridgehead atoms. The minimum absolute atomic E-state index is 0.113. The Morgan fingerprint density at radius 2 is 1.89 bits per heavy atom. The predicted molar refractivity (Wildman–Crippen MR) is 144 cm³/mol. The Kier molecular flexibility index (Phi) is 9.30. The van der Waals surface area contributed by atoms with Crippen LogP contribution < -0.4 is 10.3 Å². The van der Waals surface area contributed by atoms with E-state index in [9.17, 15) is 9.59 Å². The number of benzene rings is 2. The van der Waals surface area contributed by atoms with Crippen molar-refractivity contribution in [2.45, 2.75) is 66.4 Å². The van der Waals surface area contributed by atoms with E-state index < -0.39 is 6.10 Å². The molecular formula is C30H37NO4. The van der Waals surface area contributed by atoms with Crippen LogP contribution in [0.4, 0.5) is 5.69 Å². The summed E-state index contributed by atoms with van der Waals surface area (Å²) < 4.78 is 12.1. The SMILES string of the molecule is C/C=C\C(=C/CC)CC(=O)OC(C)c1c2ccc(=O)cc-2oc2cc(N3CCCC3)ccc12.CC. The summed E-state index contributed by atoms with van der Waals surface area (Å²) in [6.45, 7) is 11.9. The number of carbonyl (C=O) groups excluding carboxylic acids is 1. The molecule has 0 radical (unpaired) electrons. The van der Waals surface area contributed by atoms with Crippen LogP contribution in [0.5, 0.6) is 0 Å². The molecule has 0 saturated carbocycles. The highest BCUT2D eigenvalue weighted by molar-refractivity contribution is 5.91. The van der Waals surface area contributed by atoms with E-state index in [1.165, 1.54) is 25.0 Å². The van der Waals surface area contributed by atoms with Crippen LogP contribution in [0.3, 0.4) is 0 Å². The molecule has 2 heterocycles. The van der Waals surface area contributed by atoms with Gasteiger partial charge in [0.05, 0.1) is 6.42 Å². The average Bonchev–Trinajstić information content (AvgIpc) is 3.38. The van der Waals surface area contributed by atoms with Crippen LogP contribution >= 0.6 is 0 Å². The average molecular weight is 476 g/mol. The molecule has 1 aromatic rings. The highest BCUT2D eigenvalue weighted by Crippen LogP contribution is 2.39. The first-order valence-corrected chi connectivity index (χ1v) is 12.8. The molecule has 0 amide bonds. The minimum atomic E-state index is -0.498. The van der Waals surface area contributed by atoms with E-state index in [1.807, 2.05) is 65.0 Å². The number of nitrogens with zero attached hydrogens (tertiary/aromatic N) is 1. The molecule has 1 saturated heterocycles. The molecule has 2 aliphatic heterocycles. The number of rotatable bonds is 7. The van der Waals surface area contributed by atoms with Gasteiger partial charge < -0.3 is 14.1 Å². The van der Waals surface area contributed by atoms with Gasteiger partial charge in [0, 0.05) is 47.4 Å². The monoisotopic (exact) mass is 475 g/mol. The van der Waals surface area contributed by atoms with Crippen molar-refractivity contribution in [3.63, 3.8) is 0 Å². The largest absolute Gasteiger partial charge is 0.457 e. The number of ether oxygens (including phenoxy) is 1. The number of allylic oxidation sites excluding steroid dienone is 3. The fourth-order valence-electron chi connectivity index (χ4n) is 4.64. The van der Waals surface area contributed by atoms with Crippen molar-refractivity contribution in [2.24, 2.45) is 0 Å². The van der Waals surface area contributed by atoms with Gasteiger partial charge in [0.15, 0.2) is 5.43 Å². The molecule has 5 nitrogen and oxygen atoms in total. The lowest BCUT2D eigenvalue weighted by Crippen LogP contribution is -2.17. The summed E-state index contributed by atoms with van der Waals surface area (Å²) in [5.41, 5.74) is 4.28. The molecule has 0 spiro atoms. The van der Waals surface area contributed by atoms with E-state index in [4.69, 9.17) is 9.15 Å². The third-order valence-corrected chi connectivity index (χ3v) is 6.10. The maximum Gasteiger partial charge on any atom is 0.310 e. The number of hydrogen-bond acceptors (Lipinski definition) is 5. The van der Waals surface area contributed by atoms with Gasteiger partial charge in [-0.25, -0.2) is 0 Å². The summed E-state index contributed by atoms with van der Waals surface area (Å²) in [5.74, 6) is 0.225. The van der Waals surface area contributed by atoms with Gasteiger partial charge >= 0.3 is 5.97 Å². The zero-order valence-electron chi connectivity index (χ0n) is 21.6. The van der Waals surface area contributed by atoms with Gasteiger partial charge in [0.2, 0.25) is 0 Å². The Balaban J connectivity index is 0.00000167. The Hall–Kier alpha value is -3.34. The number of anilines is 1. The topological polar surface area (TPSA) is 59.8 Å². The Morgan fingerprint density at radius 3 is 2.57 bits per heavy atom. The Morgan fingerprint density at radius 1 is 1.14 bits per heavy atom. The highest BCUT2D eigenvalue weighted by Gasteiger charge is 2.24. The van der Waals surface area contributed by atoms with Crippen LogP contribution in [0.15, 0.2) is 69.4 Å². The van der Waals surface area contributed by atoms with Crippen LogP contribution in [-0.4, -0.2) is 19.1 Å². The smallest absolute Gasteiger partial charge is 0.310 e. The van der Waals surface area contributed by atoms with Crippen molar-refractivity contribution in [1.29, 1.82) is 0 Å². The van der Waals surface area contributed by atoms with Crippen molar-refractivity contribution >= 4 is 22.6 Å². The molecule has 5 heteroatoms. The summed E-state index contributed by atoms with van der Waals surface area (Å²) in [5, 5.41) is 0.891. The summed E-state index contributed by atoms with van der Waals surface area (Å²) in [6.07, 6.45) is 8.86. The van der Waals surface area contributed by atoms with Crippen LogP contribution in [-0.2, 0) is 9.53 Å². The molecule has 4 rings (SSSR count). The molecule has 1 fully saturated rings. The van der Waals surface area contributed by atoms with Crippen LogP contribution in [0, 0.1) is 0 Å². The standard InChI is InChI=1S/C28H31NO4.C2H6/c1-4-8-20(9-5-2)16-27(31)32-19(3)28-23-12-10-21(29-14-6-7-15-29)17-25(23)33-26-18-22(30)11-13-24(26)28;1-2/h4,8-13,17-19H,5-7,14-16H2,1-3H3;1-2H3/b8-4-,20-9+;. The van der Waals surface area contributed by atoms with Gasteiger partial charge in [0.25, 0.3) is 0 Å². The fraction of sp³-hybridized carbons (Fsp3) is 0.400. The second kappa shape index (κ2) is 12.4. The number of carbonyl (C=O) groups is 1. The van der Waals surface area contributed by atoms with E-state index in [2.05, 4.69) is 11.0 Å². The predicted octanol–water partition coefficient (Wildman–Crippen LogP) is 7.43. The molecule has 0 N–H and O–H groups in total. The quantitative estimate of drug-likeness (QED) is 0.202. The zero-order chi connectivity index (χ0) is 25.4. The third kappa shape index (κ3) is 6.21. The number of esters is 1. The van der Waals surface area contributed by atoms with E-state index in [0.29, 0.717) is 11.3 Å². The molecule has 1 aliphatic carbocycles. The Bertz CT molecular complexity index is 1230. The Labute approximate surface area is 208 Å². The summed E-state index contributed by atoms with van der Waals surface area (Å²) >= 11 is 0. The highest BCUT2D eigenvalue weighted by atomic mass is 16.5. The van der Waals surface area contributed by atoms with Crippen molar-refractivity contribution in [2.75, 3.05) is 18.0 Å². The molecule has 0 aromatic heterocycles. The molecule has 3 aliphatic rings. The lowest BCUT2D eigenvalue weighted by molar-refractivity contribution is -0.147. The van der Waals surface area contributed by atoms with Crippen LogP contribution in [0.25, 0.3) is 22.3 Å². The van der Waals surface area contributed by atoms with E-state index in [1.54, 1.807) is 6.07 Å². The summed E-state index contributed by atoms with van der Waals surface area (Å²) in [4.78, 5) is 27.1. The lowest BCUT2D eigenvalue weighted by Gasteiger charge is -2.22. The molecule has 1 atom stereocenters. The van der Waals surface area contributed by atoms with Gasteiger partial charge in [0.1, 0.15) is 17.4 Å². The minimum Gasteiger partial charge on any atom is -0.457 e. The molecule has 35 heavy (non-hydrogen) atoms. The third-order valence-electron chi connectivity index (χ3n) is 6.10. The lowest BCUT2D eigenvalue weighted by atomic mass is 9.95. The molecule has 186 valence electrons. The van der Waals surface area contributed by atoms with E-state index >= 15 is 0 Å². The molecule has 1 aromatic carbocycles. The van der Waals surface area contributed by atoms with Gasteiger partial charge in [-0.2, -0.15) is 0 Å². The maximum atomic E-state index is 12.8. The summed E-state index contributed by atoms with van der Waals surface area (Å²) in [6, 6.07) is 11.0. The molecule has 1 unspecified atom stereocenters. The fourth-order valence-corrected chi connectivity index (χ4v) is 4.64. The van der Waals surface area contributed by atoms with Crippen molar-refractivity contribution in [1.82, 2.24) is 0 Å². The molecular weight excluding hydrogens is 438 g/mol. The first-order valence-electron chi connectivity index (χ1n) is 12.8. The van der Waals surface area contributed by atoms with Gasteiger partial charge in [-0.1, -0.05) is 39.0 Å². The summed E-state index contributed by atoms with van der Waals surface area (Å²) in [7, 11) is 0. The van der Waals surface area contributed by atoms with E-state index in [-0.39, 0.29) is 17.8 Å². The van der Waals surface area contributed by atoms with Gasteiger partial charge in [-0.15, -0.1) is 0 Å². The van der Waals surface area contributed by atoms with Crippen molar-refractivity contribution in [3.8, 4) is 11.3 Å². The second-order valence-corrected chi connectivity index (χ2v) is 8.54. The maximum absolute atomic E-state index is 12.8. The van der Waals surface area contributed by atoms with Gasteiger partial charge in [-0.05, 0) is 62.9 Å². The first-order chi connectivity index (χ1) is 17.0. The number of fused-ring (bicyclic) bond motifs is 2. The van der Waals surface area contributed by atoms with Crippen LogP contribution in [0.2, 0.25) is 0 Å². The van der Waals surface area contributed by atoms with Gasteiger partial charge in [-0.3, -0.25) is 9.59 Å². The number of hydrogen-bond donors (Lipinski definition) is 0. The second-order valence-electron chi connectivity index (χ2n) is 8.54. The normalized spacial score (nSPS) is 14.9. The zero-order valence-corrected chi connectivity index (χ0v) is 21.6.